The number of nitrogens with one attached hydrogen (secondary N) is 1. The number of esters is 1. The molecule has 0 atom stereocenters. The Bertz CT molecular complexity index is 940. The second-order valence-corrected chi connectivity index (χ2v) is 6.65. The molecule has 1 fully saturated rings. The van der Waals surface area contributed by atoms with Crippen molar-refractivity contribution in [2.75, 3.05) is 20.2 Å². The minimum absolute atomic E-state index is 0.0606. The quantitative estimate of drug-likeness (QED) is 0.794. The molecule has 1 N–H and O–H groups in total. The highest BCUT2D eigenvalue weighted by molar-refractivity contribution is 5.95. The molecule has 1 aromatic heterocycles. The number of rotatable bonds is 4. The molecule has 1 aliphatic rings. The first-order chi connectivity index (χ1) is 14.0. The summed E-state index contributed by atoms with van der Waals surface area (Å²) in [5, 5.41) is 11.8. The van der Waals surface area contributed by atoms with Crippen molar-refractivity contribution in [1.82, 2.24) is 15.2 Å². The van der Waals surface area contributed by atoms with Crippen LogP contribution in [0, 0.1) is 11.3 Å². The molecule has 1 saturated heterocycles. The van der Waals surface area contributed by atoms with E-state index in [1.165, 1.54) is 25.4 Å². The van der Waals surface area contributed by atoms with Crippen LogP contribution in [0.4, 0.5) is 0 Å². The normalized spacial score (nSPS) is 14.0. The number of pyridine rings is 1. The fourth-order valence-electron chi connectivity index (χ4n) is 3.12. The number of piperidine rings is 1. The maximum absolute atomic E-state index is 12.6. The molecule has 0 saturated carbocycles. The Hall–Kier alpha value is -3.73. The lowest BCUT2D eigenvalue weighted by molar-refractivity contribution is 0.0598. The maximum atomic E-state index is 12.6. The van der Waals surface area contributed by atoms with Gasteiger partial charge in [0.05, 0.1) is 24.3 Å². The number of nitriles is 1. The zero-order chi connectivity index (χ0) is 20.8. The number of methoxy groups -OCH3 is 1. The molecule has 0 spiro atoms. The Morgan fingerprint density at radius 2 is 1.76 bits per heavy atom. The maximum Gasteiger partial charge on any atom is 0.339 e. The lowest BCUT2D eigenvalue weighted by Crippen LogP contribution is -2.46. The molecule has 8 heteroatoms. The number of hydrogen-bond donors (Lipinski definition) is 1. The number of benzene rings is 1. The average molecular weight is 392 g/mol. The van der Waals surface area contributed by atoms with Gasteiger partial charge in [-0.15, -0.1) is 0 Å². The van der Waals surface area contributed by atoms with E-state index in [-0.39, 0.29) is 29.1 Å². The molecule has 2 aromatic rings. The van der Waals surface area contributed by atoms with E-state index in [0.717, 1.165) is 0 Å². The highest BCUT2D eigenvalue weighted by Gasteiger charge is 2.25. The van der Waals surface area contributed by atoms with Crippen molar-refractivity contribution >= 4 is 17.8 Å². The van der Waals surface area contributed by atoms with Gasteiger partial charge in [0.15, 0.2) is 0 Å². The molecule has 0 radical (unpaired) electrons. The van der Waals surface area contributed by atoms with Gasteiger partial charge in [0.2, 0.25) is 0 Å². The molecule has 2 amide bonds. The van der Waals surface area contributed by atoms with Crippen molar-refractivity contribution in [3.63, 3.8) is 0 Å². The monoisotopic (exact) mass is 392 g/mol. The number of nitrogens with zero attached hydrogens (tertiary/aromatic N) is 3. The van der Waals surface area contributed by atoms with Crippen molar-refractivity contribution in [3.8, 4) is 6.07 Å². The minimum Gasteiger partial charge on any atom is -0.465 e. The van der Waals surface area contributed by atoms with E-state index in [9.17, 15) is 14.4 Å². The SMILES string of the molecule is COC(=O)c1ccc(C(=O)NC2CCN(C(=O)c3ccc(C#N)cc3)CC2)nc1. The van der Waals surface area contributed by atoms with E-state index < -0.39 is 5.97 Å². The number of likely N-dealkylation sites (tertiary alicyclic amines) is 1. The van der Waals surface area contributed by atoms with Crippen LogP contribution in [0.5, 0.6) is 0 Å². The Morgan fingerprint density at radius 3 is 2.31 bits per heavy atom. The molecule has 148 valence electrons. The summed E-state index contributed by atoms with van der Waals surface area (Å²) in [5.74, 6) is -0.915. The second-order valence-electron chi connectivity index (χ2n) is 6.65. The molecule has 0 aliphatic carbocycles. The van der Waals surface area contributed by atoms with Crippen molar-refractivity contribution in [2.24, 2.45) is 0 Å². The largest absolute Gasteiger partial charge is 0.465 e. The van der Waals surface area contributed by atoms with Crippen molar-refractivity contribution in [1.29, 1.82) is 5.26 Å². The van der Waals surface area contributed by atoms with Gasteiger partial charge in [-0.25, -0.2) is 4.79 Å². The van der Waals surface area contributed by atoms with E-state index in [1.807, 2.05) is 6.07 Å². The fourth-order valence-corrected chi connectivity index (χ4v) is 3.12. The summed E-state index contributed by atoms with van der Waals surface area (Å²) in [6, 6.07) is 11.5. The van der Waals surface area contributed by atoms with Crippen LogP contribution in [0.2, 0.25) is 0 Å². The molecule has 29 heavy (non-hydrogen) atoms. The summed E-state index contributed by atoms with van der Waals surface area (Å²) < 4.78 is 4.61. The van der Waals surface area contributed by atoms with Crippen LogP contribution in [0.3, 0.4) is 0 Å². The standard InChI is InChI=1S/C21H20N4O4/c1-29-21(28)16-6-7-18(23-13-16)19(26)24-17-8-10-25(11-9-17)20(27)15-4-2-14(12-22)3-5-15/h2-7,13,17H,8-11H2,1H3,(H,24,26). The summed E-state index contributed by atoms with van der Waals surface area (Å²) in [6.07, 6.45) is 2.57. The summed E-state index contributed by atoms with van der Waals surface area (Å²) in [7, 11) is 1.28. The summed E-state index contributed by atoms with van der Waals surface area (Å²) in [5.41, 5.74) is 1.55. The molecule has 2 heterocycles. The molecule has 0 unspecified atom stereocenters. The molecule has 1 aliphatic heterocycles. The van der Waals surface area contributed by atoms with E-state index in [4.69, 9.17) is 5.26 Å². The Morgan fingerprint density at radius 1 is 1.10 bits per heavy atom. The number of hydrogen-bond acceptors (Lipinski definition) is 6. The van der Waals surface area contributed by atoms with E-state index in [2.05, 4.69) is 15.0 Å². The van der Waals surface area contributed by atoms with Gasteiger partial charge >= 0.3 is 5.97 Å². The van der Waals surface area contributed by atoms with E-state index >= 15 is 0 Å². The Labute approximate surface area is 168 Å². The first-order valence-electron chi connectivity index (χ1n) is 9.16. The van der Waals surface area contributed by atoms with Gasteiger partial charge in [-0.2, -0.15) is 5.26 Å². The van der Waals surface area contributed by atoms with Gasteiger partial charge in [0.1, 0.15) is 5.69 Å². The van der Waals surface area contributed by atoms with Gasteiger partial charge in [0, 0.05) is 30.9 Å². The zero-order valence-corrected chi connectivity index (χ0v) is 15.9. The molecule has 8 nitrogen and oxygen atoms in total. The smallest absolute Gasteiger partial charge is 0.339 e. The highest BCUT2D eigenvalue weighted by atomic mass is 16.5. The first kappa shape index (κ1) is 20.0. The topological polar surface area (TPSA) is 112 Å². The lowest BCUT2D eigenvalue weighted by Gasteiger charge is -2.32. The predicted octanol–water partition coefficient (Wildman–Crippen LogP) is 1.77. The second kappa shape index (κ2) is 8.97. The molecular formula is C21H20N4O4. The van der Waals surface area contributed by atoms with Gasteiger partial charge in [-0.3, -0.25) is 14.6 Å². The number of aromatic nitrogens is 1. The predicted molar refractivity (Wildman–Crippen MR) is 103 cm³/mol. The Balaban J connectivity index is 1.52. The third-order valence-electron chi connectivity index (χ3n) is 4.80. The van der Waals surface area contributed by atoms with Crippen LogP contribution in [0.15, 0.2) is 42.6 Å². The van der Waals surface area contributed by atoms with Crippen LogP contribution in [0.25, 0.3) is 0 Å². The van der Waals surface area contributed by atoms with Crippen molar-refractivity contribution in [2.45, 2.75) is 18.9 Å². The average Bonchev–Trinajstić information content (AvgIpc) is 2.78. The molecule has 3 rings (SSSR count). The molecule has 0 bridgehead atoms. The minimum atomic E-state index is -0.510. The number of ether oxygens (including phenoxy) is 1. The van der Waals surface area contributed by atoms with Gasteiger partial charge < -0.3 is 15.0 Å². The zero-order valence-electron chi connectivity index (χ0n) is 15.9. The van der Waals surface area contributed by atoms with E-state index in [1.54, 1.807) is 29.2 Å². The van der Waals surface area contributed by atoms with Gasteiger partial charge in [-0.1, -0.05) is 0 Å². The Kier molecular flexibility index (Phi) is 6.19. The van der Waals surface area contributed by atoms with E-state index in [0.29, 0.717) is 37.1 Å². The summed E-state index contributed by atoms with van der Waals surface area (Å²) in [4.78, 5) is 42.1. The summed E-state index contributed by atoms with van der Waals surface area (Å²) in [6.45, 7) is 1.05. The molecule has 1 aromatic carbocycles. The number of carbonyl (C=O) groups excluding carboxylic acids is 3. The fraction of sp³-hybridized carbons (Fsp3) is 0.286. The number of carbonyl (C=O) groups is 3. The van der Waals surface area contributed by atoms with Crippen LogP contribution in [-0.2, 0) is 4.74 Å². The molecular weight excluding hydrogens is 372 g/mol. The van der Waals surface area contributed by atoms with Crippen LogP contribution >= 0.6 is 0 Å². The van der Waals surface area contributed by atoms with Crippen LogP contribution < -0.4 is 5.32 Å². The van der Waals surface area contributed by atoms with Crippen molar-refractivity contribution in [3.05, 3.63) is 65.0 Å². The van der Waals surface area contributed by atoms with Gasteiger partial charge in [0.25, 0.3) is 11.8 Å². The number of amides is 2. The van der Waals surface area contributed by atoms with Crippen molar-refractivity contribution < 1.29 is 19.1 Å². The van der Waals surface area contributed by atoms with Gasteiger partial charge in [-0.05, 0) is 49.2 Å². The lowest BCUT2D eigenvalue weighted by atomic mass is 10.0. The first-order valence-corrected chi connectivity index (χ1v) is 9.16. The van der Waals surface area contributed by atoms with Crippen LogP contribution in [0.1, 0.15) is 49.6 Å². The van der Waals surface area contributed by atoms with Crippen LogP contribution in [-0.4, -0.2) is 53.9 Å². The highest BCUT2D eigenvalue weighted by Crippen LogP contribution is 2.15. The third kappa shape index (κ3) is 4.76. The summed E-state index contributed by atoms with van der Waals surface area (Å²) >= 11 is 0. The third-order valence-corrected chi connectivity index (χ3v) is 4.80.